The Kier molecular flexibility index (Phi) is 11.9. The molecular weight excluding hydrogens is 695 g/mol. The highest BCUT2D eigenvalue weighted by Crippen LogP contribution is 2.65. The Morgan fingerprint density at radius 3 is 2.19 bits per heavy atom. The third-order valence-electron chi connectivity index (χ3n) is 12.3. The molecule has 1 heterocycles. The highest BCUT2D eigenvalue weighted by Gasteiger charge is 2.70. The molecule has 3 fully saturated rings. The summed E-state index contributed by atoms with van der Waals surface area (Å²) in [6, 6.07) is 4.37. The van der Waals surface area contributed by atoms with Crippen LogP contribution in [0.1, 0.15) is 97.6 Å². The van der Waals surface area contributed by atoms with Gasteiger partial charge < -0.3 is 26.2 Å². The standard InChI is InChI=1S/C40H59N5O7S/c1-8-15-29(33(46)35(48)41-20-9-2)42-34(47)32-30-28(39(30,6)7)23-45(32)36(49)31(27-21-25-16-11-12-17-26(25)22-27)43-37(50)44-40(18-13-10-14-19-40)24-53(51,52)38(3,4)5/h9,11-12,16-17,27-32H,2,8,10,13-15,18-24H2,1,3-7H3,(H,41,48)(H,42,47)(H2,43,44,50)/t28?,29?,30-,31-,32-/m0/s1. The number of nitrogens with zero attached hydrogens (tertiary/aromatic N) is 1. The molecule has 5 atom stereocenters. The first-order valence-electron chi connectivity index (χ1n) is 19.3. The van der Waals surface area contributed by atoms with Crippen molar-refractivity contribution in [3.8, 4) is 0 Å². The molecule has 13 heteroatoms. The van der Waals surface area contributed by atoms with E-state index in [4.69, 9.17) is 0 Å². The number of amides is 5. The molecule has 0 radical (unpaired) electrons. The van der Waals surface area contributed by atoms with Gasteiger partial charge in [-0.1, -0.05) is 76.8 Å². The lowest BCUT2D eigenvalue weighted by molar-refractivity contribution is -0.144. The lowest BCUT2D eigenvalue weighted by atomic mass is 9.83. The van der Waals surface area contributed by atoms with Gasteiger partial charge in [-0.25, -0.2) is 13.2 Å². The van der Waals surface area contributed by atoms with Gasteiger partial charge in [0.15, 0.2) is 9.84 Å². The van der Waals surface area contributed by atoms with Crippen molar-refractivity contribution in [1.29, 1.82) is 0 Å². The minimum Gasteiger partial charge on any atom is -0.346 e. The number of nitrogens with one attached hydrogen (secondary N) is 4. The quantitative estimate of drug-likeness (QED) is 0.166. The molecule has 292 valence electrons. The molecule has 0 spiro atoms. The molecule has 2 unspecified atom stereocenters. The average molecular weight is 754 g/mol. The summed E-state index contributed by atoms with van der Waals surface area (Å²) in [7, 11) is -3.59. The fraction of sp³-hybridized carbons (Fsp3) is 0.675. The number of urea groups is 1. The van der Waals surface area contributed by atoms with Crippen molar-refractivity contribution in [1.82, 2.24) is 26.2 Å². The van der Waals surface area contributed by atoms with Crippen LogP contribution in [0, 0.1) is 23.2 Å². The number of hydrogen-bond donors (Lipinski definition) is 4. The van der Waals surface area contributed by atoms with Crippen LogP contribution >= 0.6 is 0 Å². The van der Waals surface area contributed by atoms with E-state index in [1.54, 1.807) is 25.7 Å². The number of hydrogen-bond acceptors (Lipinski definition) is 7. The van der Waals surface area contributed by atoms with Crippen LogP contribution in [0.5, 0.6) is 0 Å². The van der Waals surface area contributed by atoms with Crippen LogP contribution in [0.2, 0.25) is 0 Å². The van der Waals surface area contributed by atoms with E-state index in [9.17, 15) is 32.4 Å². The van der Waals surface area contributed by atoms with Gasteiger partial charge in [-0.05, 0) is 87.2 Å². The molecule has 53 heavy (non-hydrogen) atoms. The summed E-state index contributed by atoms with van der Waals surface area (Å²) < 4.78 is 25.9. The maximum Gasteiger partial charge on any atom is 0.315 e. The Bertz CT molecular complexity index is 1690. The number of benzene rings is 1. The molecule has 4 N–H and O–H groups in total. The van der Waals surface area contributed by atoms with Crippen LogP contribution in [0.25, 0.3) is 0 Å². The highest BCUT2D eigenvalue weighted by molar-refractivity contribution is 7.92. The molecule has 1 aromatic carbocycles. The molecule has 12 nitrogen and oxygen atoms in total. The van der Waals surface area contributed by atoms with Gasteiger partial charge in [-0.2, -0.15) is 0 Å². The minimum atomic E-state index is -3.59. The third kappa shape index (κ3) is 8.49. The van der Waals surface area contributed by atoms with Crippen LogP contribution in [0.3, 0.4) is 0 Å². The van der Waals surface area contributed by atoms with E-state index in [0.29, 0.717) is 38.6 Å². The second-order valence-electron chi connectivity index (χ2n) is 17.3. The third-order valence-corrected chi connectivity index (χ3v) is 15.1. The van der Waals surface area contributed by atoms with E-state index in [-0.39, 0.29) is 47.8 Å². The first kappa shape index (κ1) is 40.4. The average Bonchev–Trinajstić information content (AvgIpc) is 3.44. The molecule has 0 bridgehead atoms. The van der Waals surface area contributed by atoms with E-state index < -0.39 is 61.9 Å². The Morgan fingerprint density at radius 1 is 1.00 bits per heavy atom. The number of fused-ring (bicyclic) bond motifs is 2. The molecule has 1 saturated heterocycles. The highest BCUT2D eigenvalue weighted by atomic mass is 32.2. The molecule has 1 aromatic rings. The van der Waals surface area contributed by atoms with Crippen molar-refractivity contribution in [2.75, 3.05) is 18.8 Å². The second-order valence-corrected chi connectivity index (χ2v) is 20.1. The summed E-state index contributed by atoms with van der Waals surface area (Å²) in [4.78, 5) is 70.5. The Balaban J connectivity index is 1.42. The Morgan fingerprint density at radius 2 is 1.62 bits per heavy atom. The zero-order chi connectivity index (χ0) is 38.9. The van der Waals surface area contributed by atoms with Gasteiger partial charge in [0.05, 0.1) is 22.1 Å². The zero-order valence-corrected chi connectivity index (χ0v) is 33.1. The van der Waals surface area contributed by atoms with Gasteiger partial charge in [-0.15, -0.1) is 6.58 Å². The van der Waals surface area contributed by atoms with Crippen LogP contribution in [0.15, 0.2) is 36.9 Å². The largest absolute Gasteiger partial charge is 0.346 e. The van der Waals surface area contributed by atoms with Crippen molar-refractivity contribution in [3.05, 3.63) is 48.0 Å². The van der Waals surface area contributed by atoms with Gasteiger partial charge in [-0.3, -0.25) is 19.2 Å². The van der Waals surface area contributed by atoms with Gasteiger partial charge in [0, 0.05) is 13.1 Å². The fourth-order valence-corrected chi connectivity index (χ4v) is 10.5. The number of Topliss-reactive ketones (excluding diaryl/α,β-unsaturated/α-hetero) is 1. The summed E-state index contributed by atoms with van der Waals surface area (Å²) >= 11 is 0. The van der Waals surface area contributed by atoms with E-state index >= 15 is 0 Å². The van der Waals surface area contributed by atoms with Gasteiger partial charge >= 0.3 is 6.03 Å². The lowest BCUT2D eigenvalue weighted by Gasteiger charge is -2.40. The molecule has 1 aliphatic heterocycles. The van der Waals surface area contributed by atoms with Crippen molar-refractivity contribution in [2.24, 2.45) is 23.2 Å². The predicted octanol–water partition coefficient (Wildman–Crippen LogP) is 3.62. The van der Waals surface area contributed by atoms with Gasteiger partial charge in [0.2, 0.25) is 17.6 Å². The van der Waals surface area contributed by atoms with E-state index in [1.807, 2.05) is 31.2 Å². The number of carbonyl (C=O) groups excluding carboxylic acids is 5. The van der Waals surface area contributed by atoms with Crippen molar-refractivity contribution >= 4 is 39.4 Å². The van der Waals surface area contributed by atoms with Crippen molar-refractivity contribution in [2.45, 2.75) is 128 Å². The maximum absolute atomic E-state index is 14.9. The molecule has 5 rings (SSSR count). The number of sulfone groups is 1. The fourth-order valence-electron chi connectivity index (χ4n) is 8.96. The van der Waals surface area contributed by atoms with Gasteiger partial charge in [0.25, 0.3) is 5.91 Å². The maximum atomic E-state index is 14.9. The summed E-state index contributed by atoms with van der Waals surface area (Å²) in [6.07, 6.45) is 6.88. The SMILES string of the molecule is C=CCNC(=O)C(=O)C(CCC)NC(=O)[C@@H]1[C@@H]2C(CN1C(=O)[C@@H](NC(=O)NC1(CS(=O)(=O)C(C)(C)C)CCCCC1)C1Cc3ccccc3C1)C2(C)C. The number of likely N-dealkylation sites (tertiary alicyclic amines) is 1. The summed E-state index contributed by atoms with van der Waals surface area (Å²) in [5, 5.41) is 11.4. The molecule has 2 saturated carbocycles. The van der Waals surface area contributed by atoms with Gasteiger partial charge in [0.1, 0.15) is 12.1 Å². The topological polar surface area (TPSA) is 171 Å². The lowest BCUT2D eigenvalue weighted by Crippen LogP contribution is -2.63. The van der Waals surface area contributed by atoms with Crippen LogP contribution in [0.4, 0.5) is 4.79 Å². The second kappa shape index (κ2) is 15.5. The Labute approximate surface area is 315 Å². The van der Waals surface area contributed by atoms with E-state index in [2.05, 4.69) is 41.7 Å². The molecule has 3 aliphatic carbocycles. The van der Waals surface area contributed by atoms with Crippen LogP contribution in [-0.4, -0.2) is 90.1 Å². The monoisotopic (exact) mass is 753 g/mol. The normalized spacial score (nSPS) is 24.2. The molecular formula is C40H59N5O7S. The molecule has 0 aromatic heterocycles. The number of piperidine rings is 1. The number of carbonyl (C=O) groups is 5. The Hall–Kier alpha value is -3.74. The number of ketones is 1. The minimum absolute atomic E-state index is 0.0433. The first-order valence-corrected chi connectivity index (χ1v) is 20.9. The van der Waals surface area contributed by atoms with Crippen molar-refractivity contribution < 1.29 is 32.4 Å². The zero-order valence-electron chi connectivity index (χ0n) is 32.3. The molecule has 4 aliphatic rings. The van der Waals surface area contributed by atoms with Crippen LogP contribution in [-0.2, 0) is 41.9 Å². The van der Waals surface area contributed by atoms with E-state index in [1.165, 1.54) is 6.08 Å². The van der Waals surface area contributed by atoms with Crippen molar-refractivity contribution in [3.63, 3.8) is 0 Å². The summed E-state index contributed by atoms with van der Waals surface area (Å²) in [6.45, 7) is 15.0. The predicted molar refractivity (Wildman–Crippen MR) is 203 cm³/mol. The summed E-state index contributed by atoms with van der Waals surface area (Å²) in [5.74, 6) is -3.06. The smallest absolute Gasteiger partial charge is 0.315 e. The first-order chi connectivity index (χ1) is 24.9. The number of rotatable bonds is 14. The summed E-state index contributed by atoms with van der Waals surface area (Å²) in [5.41, 5.74) is 0.988. The van der Waals surface area contributed by atoms with E-state index in [0.717, 1.165) is 30.4 Å². The molecule has 5 amide bonds. The van der Waals surface area contributed by atoms with Crippen LogP contribution < -0.4 is 21.3 Å².